The molecule has 0 saturated heterocycles. The molecule has 0 spiro atoms. The molecule has 0 radical (unpaired) electrons. The van der Waals surface area contributed by atoms with Gasteiger partial charge in [-0.25, -0.2) is 5.43 Å². The van der Waals surface area contributed by atoms with E-state index in [4.69, 9.17) is 9.15 Å². The predicted octanol–water partition coefficient (Wildman–Crippen LogP) is 3.69. The minimum absolute atomic E-state index is 0.100. The number of carbonyl (C=O) groups is 1. The van der Waals surface area contributed by atoms with Crippen LogP contribution in [0.4, 0.5) is 0 Å². The van der Waals surface area contributed by atoms with E-state index < -0.39 is 0 Å². The maximum Gasteiger partial charge on any atom is 0.277 e. The number of hydrogen-bond donors (Lipinski definition) is 1. The van der Waals surface area contributed by atoms with Gasteiger partial charge in [0.1, 0.15) is 17.3 Å². The van der Waals surface area contributed by atoms with Gasteiger partial charge in [-0.1, -0.05) is 28.9 Å². The van der Waals surface area contributed by atoms with Crippen molar-refractivity contribution in [1.82, 2.24) is 5.43 Å². The van der Waals surface area contributed by atoms with Crippen LogP contribution in [-0.2, 0) is 4.79 Å². The first-order chi connectivity index (χ1) is 11.1. The van der Waals surface area contributed by atoms with Gasteiger partial charge in [-0.05, 0) is 42.7 Å². The standard InChI is InChI=1S/C17H17BrN2O3/c1-11-7-15(11)16-6-5-14(23-16)9-19-20-17(21)10-22-13-4-2-3-12(18)8-13/h2-6,8-9,11,15H,7,10H2,1H3,(H,20,21)/b19-9-/t11-,15+/m0/s1. The third-order valence-corrected chi connectivity index (χ3v) is 4.16. The molecule has 1 aliphatic rings. The van der Waals surface area contributed by atoms with Crippen LogP contribution in [-0.4, -0.2) is 18.7 Å². The van der Waals surface area contributed by atoms with Crippen molar-refractivity contribution in [3.63, 3.8) is 0 Å². The van der Waals surface area contributed by atoms with Gasteiger partial charge in [-0.15, -0.1) is 0 Å². The summed E-state index contributed by atoms with van der Waals surface area (Å²) in [6.45, 7) is 2.10. The second-order valence-electron chi connectivity index (χ2n) is 5.60. The van der Waals surface area contributed by atoms with Gasteiger partial charge < -0.3 is 9.15 Å². The summed E-state index contributed by atoms with van der Waals surface area (Å²) < 4.78 is 11.9. The van der Waals surface area contributed by atoms with Crippen molar-refractivity contribution in [2.45, 2.75) is 19.3 Å². The molecule has 1 heterocycles. The number of nitrogens with one attached hydrogen (secondary N) is 1. The molecular formula is C17H17BrN2O3. The van der Waals surface area contributed by atoms with E-state index in [1.54, 1.807) is 12.1 Å². The van der Waals surface area contributed by atoms with Gasteiger partial charge in [0.05, 0.1) is 6.21 Å². The lowest BCUT2D eigenvalue weighted by Crippen LogP contribution is -2.24. The van der Waals surface area contributed by atoms with Crippen molar-refractivity contribution in [2.24, 2.45) is 11.0 Å². The van der Waals surface area contributed by atoms with E-state index in [0.717, 1.165) is 10.2 Å². The zero-order valence-corrected chi connectivity index (χ0v) is 14.2. The number of nitrogens with zero attached hydrogens (tertiary/aromatic N) is 1. The maximum absolute atomic E-state index is 11.7. The average molecular weight is 377 g/mol. The maximum atomic E-state index is 11.7. The number of ether oxygens (including phenoxy) is 1. The van der Waals surface area contributed by atoms with Gasteiger partial charge in [0.15, 0.2) is 6.61 Å². The molecule has 0 unspecified atom stereocenters. The SMILES string of the molecule is C[C@H]1C[C@H]1c1ccc(/C=N\NC(=O)COc2cccc(Br)c2)o1. The van der Waals surface area contributed by atoms with Crippen molar-refractivity contribution in [3.05, 3.63) is 52.4 Å². The second-order valence-corrected chi connectivity index (χ2v) is 6.51. The Morgan fingerprint density at radius 3 is 3.04 bits per heavy atom. The molecule has 2 aromatic rings. The summed E-state index contributed by atoms with van der Waals surface area (Å²) in [5.41, 5.74) is 2.41. The van der Waals surface area contributed by atoms with E-state index in [2.05, 4.69) is 33.4 Å². The summed E-state index contributed by atoms with van der Waals surface area (Å²) in [4.78, 5) is 11.7. The van der Waals surface area contributed by atoms with Crippen molar-refractivity contribution in [3.8, 4) is 5.75 Å². The number of carbonyl (C=O) groups excluding carboxylic acids is 1. The minimum atomic E-state index is -0.330. The summed E-state index contributed by atoms with van der Waals surface area (Å²) >= 11 is 3.34. The topological polar surface area (TPSA) is 63.8 Å². The summed E-state index contributed by atoms with van der Waals surface area (Å²) in [5.74, 6) is 3.14. The van der Waals surface area contributed by atoms with Crippen molar-refractivity contribution >= 4 is 28.1 Å². The summed E-state index contributed by atoms with van der Waals surface area (Å²) in [6.07, 6.45) is 2.67. The quantitative estimate of drug-likeness (QED) is 0.617. The molecule has 3 rings (SSSR count). The molecular weight excluding hydrogens is 360 g/mol. The van der Waals surface area contributed by atoms with Gasteiger partial charge >= 0.3 is 0 Å². The Labute approximate surface area is 142 Å². The van der Waals surface area contributed by atoms with Crippen LogP contribution in [0.15, 0.2) is 50.4 Å². The van der Waals surface area contributed by atoms with Crippen LogP contribution in [0.2, 0.25) is 0 Å². The van der Waals surface area contributed by atoms with Gasteiger partial charge in [0, 0.05) is 10.4 Å². The van der Waals surface area contributed by atoms with Crippen LogP contribution in [0, 0.1) is 5.92 Å². The first-order valence-electron chi connectivity index (χ1n) is 7.42. The molecule has 1 amide bonds. The molecule has 2 atom stereocenters. The normalized spacial score (nSPS) is 19.7. The van der Waals surface area contributed by atoms with Crippen LogP contribution in [0.5, 0.6) is 5.75 Å². The lowest BCUT2D eigenvalue weighted by molar-refractivity contribution is -0.123. The van der Waals surface area contributed by atoms with Gasteiger partial charge in [0.2, 0.25) is 0 Å². The number of hydrogen-bond acceptors (Lipinski definition) is 4. The largest absolute Gasteiger partial charge is 0.484 e. The molecule has 5 nitrogen and oxygen atoms in total. The van der Waals surface area contributed by atoms with E-state index in [-0.39, 0.29) is 12.5 Å². The average Bonchev–Trinajstić information content (AvgIpc) is 3.07. The fourth-order valence-corrected chi connectivity index (χ4v) is 2.64. The molecule has 6 heteroatoms. The van der Waals surface area contributed by atoms with Gasteiger partial charge in [-0.3, -0.25) is 4.79 Å². The summed E-state index contributed by atoms with van der Waals surface area (Å²) in [6, 6.07) is 11.1. The van der Waals surface area contributed by atoms with Gasteiger partial charge in [-0.2, -0.15) is 5.10 Å². The van der Waals surface area contributed by atoms with Crippen molar-refractivity contribution in [2.75, 3.05) is 6.61 Å². The molecule has 1 saturated carbocycles. The zero-order chi connectivity index (χ0) is 16.2. The highest BCUT2D eigenvalue weighted by atomic mass is 79.9. The first-order valence-corrected chi connectivity index (χ1v) is 8.21. The van der Waals surface area contributed by atoms with Crippen molar-refractivity contribution < 1.29 is 13.9 Å². The number of hydrazone groups is 1. The Morgan fingerprint density at radius 1 is 1.48 bits per heavy atom. The highest BCUT2D eigenvalue weighted by Crippen LogP contribution is 2.47. The Morgan fingerprint density at radius 2 is 2.30 bits per heavy atom. The number of halogens is 1. The third-order valence-electron chi connectivity index (χ3n) is 3.67. The highest BCUT2D eigenvalue weighted by molar-refractivity contribution is 9.10. The van der Waals surface area contributed by atoms with Crippen LogP contribution in [0.3, 0.4) is 0 Å². The second kappa shape index (κ2) is 7.00. The lowest BCUT2D eigenvalue weighted by Gasteiger charge is -2.04. The van der Waals surface area contributed by atoms with Crippen molar-refractivity contribution in [1.29, 1.82) is 0 Å². The van der Waals surface area contributed by atoms with Crippen LogP contribution in [0.25, 0.3) is 0 Å². The smallest absolute Gasteiger partial charge is 0.277 e. The molecule has 1 aromatic carbocycles. The summed E-state index contributed by atoms with van der Waals surface area (Å²) in [5, 5.41) is 3.88. The number of furan rings is 1. The Hall–Kier alpha value is -2.08. The van der Waals surface area contributed by atoms with Crippen LogP contribution < -0.4 is 10.2 Å². The summed E-state index contributed by atoms with van der Waals surface area (Å²) in [7, 11) is 0. The minimum Gasteiger partial charge on any atom is -0.484 e. The Bertz CT molecular complexity index is 726. The molecule has 1 aromatic heterocycles. The fraction of sp³-hybridized carbons (Fsp3) is 0.294. The molecule has 1 N–H and O–H groups in total. The molecule has 1 aliphatic carbocycles. The van der Waals surface area contributed by atoms with E-state index in [1.165, 1.54) is 12.6 Å². The fourth-order valence-electron chi connectivity index (χ4n) is 2.26. The number of benzene rings is 1. The van der Waals surface area contributed by atoms with Crippen LogP contribution in [0.1, 0.15) is 30.8 Å². The predicted molar refractivity (Wildman–Crippen MR) is 90.6 cm³/mol. The molecule has 1 fully saturated rings. The molecule has 0 bridgehead atoms. The molecule has 23 heavy (non-hydrogen) atoms. The first kappa shape index (κ1) is 15.8. The number of amides is 1. The Kier molecular flexibility index (Phi) is 4.81. The van der Waals surface area contributed by atoms with Gasteiger partial charge in [0.25, 0.3) is 5.91 Å². The van der Waals surface area contributed by atoms with Crippen LogP contribution >= 0.6 is 15.9 Å². The monoisotopic (exact) mass is 376 g/mol. The van der Waals surface area contributed by atoms with E-state index >= 15 is 0 Å². The highest BCUT2D eigenvalue weighted by Gasteiger charge is 2.36. The molecule has 120 valence electrons. The number of rotatable bonds is 6. The lowest BCUT2D eigenvalue weighted by atomic mass is 10.3. The third kappa shape index (κ3) is 4.45. The molecule has 0 aliphatic heterocycles. The van der Waals surface area contributed by atoms with E-state index in [9.17, 15) is 4.79 Å². The van der Waals surface area contributed by atoms with E-state index in [0.29, 0.717) is 23.3 Å². The zero-order valence-electron chi connectivity index (χ0n) is 12.7. The van der Waals surface area contributed by atoms with E-state index in [1.807, 2.05) is 24.3 Å². The Balaban J connectivity index is 1.44.